The number of rotatable bonds is 4. The molecule has 0 saturated heterocycles. The molecular weight excluding hydrogens is 282 g/mol. The van der Waals surface area contributed by atoms with E-state index in [4.69, 9.17) is 0 Å². The first kappa shape index (κ1) is 16.2. The maximum absolute atomic E-state index is 12.4. The van der Waals surface area contributed by atoms with Crippen LogP contribution in [-0.4, -0.2) is 33.9 Å². The van der Waals surface area contributed by atoms with Crippen molar-refractivity contribution in [2.75, 3.05) is 6.61 Å². The molecule has 0 spiro atoms. The topological polar surface area (TPSA) is 95.1 Å². The molecule has 1 aromatic heterocycles. The second-order valence-electron chi connectivity index (χ2n) is 6.56. The minimum atomic E-state index is -0.407. The van der Waals surface area contributed by atoms with Gasteiger partial charge in [0, 0.05) is 5.39 Å². The Morgan fingerprint density at radius 1 is 1.32 bits per heavy atom. The molecule has 0 saturated carbocycles. The average Bonchev–Trinajstić information content (AvgIpc) is 2.45. The summed E-state index contributed by atoms with van der Waals surface area (Å²) >= 11 is 0. The van der Waals surface area contributed by atoms with Crippen molar-refractivity contribution in [1.29, 1.82) is 0 Å². The fourth-order valence-electron chi connectivity index (χ4n) is 2.44. The highest BCUT2D eigenvalue weighted by molar-refractivity contribution is 6.04. The molecule has 6 nitrogen and oxygen atoms in total. The number of hydrogen-bond donors (Lipinski definition) is 3. The number of aromatic amines is 1. The monoisotopic (exact) mass is 303 g/mol. The second kappa shape index (κ2) is 6.27. The summed E-state index contributed by atoms with van der Waals surface area (Å²) in [6, 6.07) is 6.45. The van der Waals surface area contributed by atoms with Gasteiger partial charge in [0.25, 0.3) is 11.5 Å². The van der Waals surface area contributed by atoms with Crippen molar-refractivity contribution in [2.24, 2.45) is 5.41 Å². The minimum absolute atomic E-state index is 0.0266. The van der Waals surface area contributed by atoms with Crippen molar-refractivity contribution < 1.29 is 9.90 Å². The molecule has 22 heavy (non-hydrogen) atoms. The van der Waals surface area contributed by atoms with E-state index < -0.39 is 5.91 Å². The van der Waals surface area contributed by atoms with E-state index in [2.05, 4.69) is 15.5 Å². The van der Waals surface area contributed by atoms with Gasteiger partial charge >= 0.3 is 0 Å². The lowest BCUT2D eigenvalue weighted by atomic mass is 9.88. The van der Waals surface area contributed by atoms with Gasteiger partial charge in [-0.05, 0) is 17.9 Å². The van der Waals surface area contributed by atoms with Crippen molar-refractivity contribution >= 4 is 16.7 Å². The molecule has 0 aliphatic carbocycles. The van der Waals surface area contributed by atoms with Crippen LogP contribution in [0.2, 0.25) is 0 Å². The normalized spacial score (nSPS) is 13.1. The Morgan fingerprint density at radius 2 is 1.95 bits per heavy atom. The third-order valence-electron chi connectivity index (χ3n) is 3.33. The first-order valence-corrected chi connectivity index (χ1v) is 7.21. The predicted octanol–water partition coefficient (Wildman–Crippen LogP) is 1.45. The molecule has 0 fully saturated rings. The zero-order valence-corrected chi connectivity index (χ0v) is 13.0. The number of aliphatic hydroxyl groups is 1. The number of nitrogens with one attached hydrogen (secondary N) is 2. The summed E-state index contributed by atoms with van der Waals surface area (Å²) in [5.74, 6) is -0.407. The number of amides is 1. The lowest BCUT2D eigenvalue weighted by Crippen LogP contribution is -2.40. The van der Waals surface area contributed by atoms with Gasteiger partial charge in [0.05, 0.1) is 18.0 Å². The molecule has 118 valence electrons. The summed E-state index contributed by atoms with van der Waals surface area (Å²) < 4.78 is 0. The zero-order valence-electron chi connectivity index (χ0n) is 13.0. The van der Waals surface area contributed by atoms with Crippen LogP contribution in [0.5, 0.6) is 0 Å². The standard InChI is InChI=1S/C16H21N3O3/c1-16(2,3)8-10(9-20)17-15(22)13-11-6-4-5-7-12(11)14(21)19-18-13/h4-7,10,20H,8-9H2,1-3H3,(H,17,22)(H,19,21). The highest BCUT2D eigenvalue weighted by Crippen LogP contribution is 2.21. The van der Waals surface area contributed by atoms with Gasteiger partial charge in [0.15, 0.2) is 5.69 Å². The Kier molecular flexibility index (Phi) is 4.61. The van der Waals surface area contributed by atoms with Gasteiger partial charge < -0.3 is 10.4 Å². The number of carbonyl (C=O) groups excluding carboxylic acids is 1. The number of H-pyrrole nitrogens is 1. The van der Waals surface area contributed by atoms with Crippen LogP contribution in [0.25, 0.3) is 10.8 Å². The number of hydrogen-bond acceptors (Lipinski definition) is 4. The predicted molar refractivity (Wildman–Crippen MR) is 84.8 cm³/mol. The van der Waals surface area contributed by atoms with E-state index in [-0.39, 0.29) is 29.3 Å². The number of aliphatic hydroxyl groups excluding tert-OH is 1. The van der Waals surface area contributed by atoms with Crippen LogP contribution in [0.15, 0.2) is 29.1 Å². The van der Waals surface area contributed by atoms with E-state index in [0.717, 1.165) is 0 Å². The molecule has 1 aromatic carbocycles. The smallest absolute Gasteiger partial charge is 0.272 e. The van der Waals surface area contributed by atoms with Crippen molar-refractivity contribution in [1.82, 2.24) is 15.5 Å². The molecular formula is C16H21N3O3. The van der Waals surface area contributed by atoms with E-state index in [9.17, 15) is 14.7 Å². The van der Waals surface area contributed by atoms with Crippen molar-refractivity contribution in [3.63, 3.8) is 0 Å². The molecule has 0 bridgehead atoms. The molecule has 6 heteroatoms. The summed E-state index contributed by atoms with van der Waals surface area (Å²) in [5.41, 5.74) is -0.204. The average molecular weight is 303 g/mol. The Bertz CT molecular complexity index is 731. The minimum Gasteiger partial charge on any atom is -0.394 e. The third-order valence-corrected chi connectivity index (χ3v) is 3.33. The number of benzene rings is 1. The fraction of sp³-hybridized carbons (Fsp3) is 0.438. The molecule has 1 amide bonds. The lowest BCUT2D eigenvalue weighted by molar-refractivity contribution is 0.0893. The molecule has 1 heterocycles. The highest BCUT2D eigenvalue weighted by Gasteiger charge is 2.22. The summed E-state index contributed by atoms with van der Waals surface area (Å²) in [7, 11) is 0. The summed E-state index contributed by atoms with van der Waals surface area (Å²) in [4.78, 5) is 24.1. The van der Waals surface area contributed by atoms with Crippen LogP contribution in [0.4, 0.5) is 0 Å². The zero-order chi connectivity index (χ0) is 16.3. The van der Waals surface area contributed by atoms with Crippen molar-refractivity contribution in [3.8, 4) is 0 Å². The van der Waals surface area contributed by atoms with Crippen molar-refractivity contribution in [2.45, 2.75) is 33.2 Å². The van der Waals surface area contributed by atoms with Gasteiger partial charge in [-0.25, -0.2) is 5.10 Å². The van der Waals surface area contributed by atoms with Crippen LogP contribution in [0, 0.1) is 5.41 Å². The molecule has 3 N–H and O–H groups in total. The Balaban J connectivity index is 2.30. The summed E-state index contributed by atoms with van der Waals surface area (Å²) in [5, 5.41) is 19.3. The molecule has 0 aliphatic heterocycles. The SMILES string of the molecule is CC(C)(C)CC(CO)NC(=O)c1n[nH]c(=O)c2ccccc12. The Morgan fingerprint density at radius 3 is 2.55 bits per heavy atom. The molecule has 1 atom stereocenters. The van der Waals surface area contributed by atoms with Gasteiger partial charge in [0.2, 0.25) is 0 Å². The number of fused-ring (bicyclic) bond motifs is 1. The maximum Gasteiger partial charge on any atom is 0.272 e. The number of aromatic nitrogens is 2. The molecule has 1 unspecified atom stereocenters. The largest absolute Gasteiger partial charge is 0.394 e. The maximum atomic E-state index is 12.4. The summed E-state index contributed by atoms with van der Waals surface area (Å²) in [6.07, 6.45) is 0.635. The first-order chi connectivity index (χ1) is 10.3. The highest BCUT2D eigenvalue weighted by atomic mass is 16.3. The van der Waals surface area contributed by atoms with E-state index in [1.165, 1.54) is 0 Å². The second-order valence-corrected chi connectivity index (χ2v) is 6.56. The van der Waals surface area contributed by atoms with Crippen LogP contribution in [0.3, 0.4) is 0 Å². The van der Waals surface area contributed by atoms with Crippen LogP contribution in [0.1, 0.15) is 37.7 Å². The van der Waals surface area contributed by atoms with E-state index in [0.29, 0.717) is 17.2 Å². The van der Waals surface area contributed by atoms with E-state index in [1.54, 1.807) is 24.3 Å². The Hall–Kier alpha value is -2.21. The quantitative estimate of drug-likeness (QED) is 0.796. The summed E-state index contributed by atoms with van der Waals surface area (Å²) in [6.45, 7) is 5.96. The van der Waals surface area contributed by atoms with Gasteiger partial charge in [0.1, 0.15) is 0 Å². The van der Waals surface area contributed by atoms with Crippen LogP contribution in [-0.2, 0) is 0 Å². The lowest BCUT2D eigenvalue weighted by Gasteiger charge is -2.25. The van der Waals surface area contributed by atoms with E-state index >= 15 is 0 Å². The van der Waals surface area contributed by atoms with Crippen LogP contribution >= 0.6 is 0 Å². The van der Waals surface area contributed by atoms with Gasteiger partial charge in [-0.15, -0.1) is 0 Å². The molecule has 0 radical (unpaired) electrons. The fourth-order valence-corrected chi connectivity index (χ4v) is 2.44. The first-order valence-electron chi connectivity index (χ1n) is 7.21. The van der Waals surface area contributed by atoms with Crippen molar-refractivity contribution in [3.05, 3.63) is 40.3 Å². The van der Waals surface area contributed by atoms with Gasteiger partial charge in [-0.2, -0.15) is 5.10 Å². The molecule has 2 aromatic rings. The molecule has 0 aliphatic rings. The number of carbonyl (C=O) groups is 1. The molecule has 2 rings (SSSR count). The number of nitrogens with zero attached hydrogens (tertiary/aromatic N) is 1. The van der Waals surface area contributed by atoms with Gasteiger partial charge in [-0.1, -0.05) is 39.0 Å². The van der Waals surface area contributed by atoms with E-state index in [1.807, 2.05) is 20.8 Å². The van der Waals surface area contributed by atoms with Crippen LogP contribution < -0.4 is 10.9 Å². The Labute approximate surface area is 128 Å². The van der Waals surface area contributed by atoms with Gasteiger partial charge in [-0.3, -0.25) is 9.59 Å². The third kappa shape index (κ3) is 3.71.